The number of furan rings is 1. The van der Waals surface area contributed by atoms with Gasteiger partial charge in [-0.15, -0.1) is 0 Å². The summed E-state index contributed by atoms with van der Waals surface area (Å²) < 4.78 is 7.40. The Labute approximate surface area is 170 Å². The highest BCUT2D eigenvalue weighted by atomic mass is 35.5. The lowest BCUT2D eigenvalue weighted by atomic mass is 10.1. The van der Waals surface area contributed by atoms with Crippen LogP contribution in [0.4, 0.5) is 0 Å². The van der Waals surface area contributed by atoms with Gasteiger partial charge in [0.1, 0.15) is 5.69 Å². The van der Waals surface area contributed by atoms with E-state index >= 15 is 0 Å². The van der Waals surface area contributed by atoms with E-state index in [0.717, 1.165) is 27.8 Å². The first-order chi connectivity index (χ1) is 14.2. The molecular formula is C23H12ClN3O2. The van der Waals surface area contributed by atoms with E-state index in [2.05, 4.69) is 4.98 Å². The van der Waals surface area contributed by atoms with E-state index in [9.17, 15) is 4.79 Å². The lowest BCUT2D eigenvalue weighted by Crippen LogP contribution is -2.01. The highest BCUT2D eigenvalue weighted by Gasteiger charge is 2.36. The molecule has 0 spiro atoms. The van der Waals surface area contributed by atoms with E-state index in [-0.39, 0.29) is 5.78 Å². The van der Waals surface area contributed by atoms with E-state index in [1.54, 1.807) is 18.5 Å². The van der Waals surface area contributed by atoms with Crippen molar-refractivity contribution in [3.05, 3.63) is 89.3 Å². The first kappa shape index (κ1) is 16.3. The third-order valence-electron chi connectivity index (χ3n) is 5.20. The number of nitrogens with zero attached hydrogens (tertiary/aromatic N) is 3. The summed E-state index contributed by atoms with van der Waals surface area (Å²) in [5.41, 5.74) is 4.96. The van der Waals surface area contributed by atoms with Crippen molar-refractivity contribution in [2.24, 2.45) is 0 Å². The van der Waals surface area contributed by atoms with E-state index < -0.39 is 0 Å². The second kappa shape index (κ2) is 5.90. The second-order valence-electron chi connectivity index (χ2n) is 6.83. The number of aromatic nitrogens is 3. The van der Waals surface area contributed by atoms with Crippen LogP contribution in [0.1, 0.15) is 15.9 Å². The standard InChI is InChI=1S/C23H12ClN3O2/c24-13-7-8-16-17(12-13)25-10-9-18(16)27-22-14-4-1-2-5-15(14)23(28)20(22)21(26-27)19-6-3-11-29-19/h1-12H. The van der Waals surface area contributed by atoms with Gasteiger partial charge in [0.05, 0.1) is 28.7 Å². The number of hydrogen-bond donors (Lipinski definition) is 0. The van der Waals surface area contributed by atoms with Crippen LogP contribution in [0, 0.1) is 0 Å². The monoisotopic (exact) mass is 397 g/mol. The minimum absolute atomic E-state index is 0.0466. The molecule has 5 aromatic rings. The molecule has 1 aliphatic carbocycles. The van der Waals surface area contributed by atoms with Crippen LogP contribution in [0.15, 0.2) is 77.5 Å². The average molecular weight is 398 g/mol. The van der Waals surface area contributed by atoms with Crippen LogP contribution < -0.4 is 0 Å². The predicted octanol–water partition coefficient (Wildman–Crippen LogP) is 5.55. The van der Waals surface area contributed by atoms with Gasteiger partial charge in [-0.3, -0.25) is 9.78 Å². The predicted molar refractivity (Wildman–Crippen MR) is 110 cm³/mol. The summed E-state index contributed by atoms with van der Waals surface area (Å²) in [4.78, 5) is 17.7. The molecule has 0 N–H and O–H groups in total. The SMILES string of the molecule is O=C1c2ccccc2-c2c1c(-c1ccco1)nn2-c1ccnc2cc(Cl)ccc12. The van der Waals surface area contributed by atoms with Gasteiger partial charge in [-0.1, -0.05) is 35.9 Å². The Morgan fingerprint density at radius 2 is 1.83 bits per heavy atom. The van der Waals surface area contributed by atoms with Gasteiger partial charge in [0.2, 0.25) is 0 Å². The van der Waals surface area contributed by atoms with Crippen molar-refractivity contribution in [2.75, 3.05) is 0 Å². The fourth-order valence-electron chi connectivity index (χ4n) is 3.96. The molecule has 6 heteroatoms. The van der Waals surface area contributed by atoms with Crippen molar-refractivity contribution in [1.82, 2.24) is 14.8 Å². The van der Waals surface area contributed by atoms with Crippen LogP contribution in [0.2, 0.25) is 5.02 Å². The number of pyridine rings is 1. The number of rotatable bonds is 2. The Hall–Kier alpha value is -3.70. The van der Waals surface area contributed by atoms with Crippen LogP contribution >= 0.6 is 11.6 Å². The third kappa shape index (κ3) is 2.25. The number of carbonyl (C=O) groups excluding carboxylic acids is 1. The number of ketones is 1. The largest absolute Gasteiger partial charge is 0.463 e. The molecule has 2 aromatic carbocycles. The molecule has 0 bridgehead atoms. The van der Waals surface area contributed by atoms with E-state index in [0.29, 0.717) is 27.6 Å². The lowest BCUT2D eigenvalue weighted by Gasteiger charge is -2.10. The molecule has 5 nitrogen and oxygen atoms in total. The highest BCUT2D eigenvalue weighted by molar-refractivity contribution is 6.31. The minimum Gasteiger partial charge on any atom is -0.463 e. The van der Waals surface area contributed by atoms with Gasteiger partial charge < -0.3 is 4.42 Å². The van der Waals surface area contributed by atoms with E-state index in [1.807, 2.05) is 59.3 Å². The quantitative estimate of drug-likeness (QED) is 0.384. The Bertz CT molecular complexity index is 1430. The molecule has 29 heavy (non-hydrogen) atoms. The maximum Gasteiger partial charge on any atom is 0.198 e. The zero-order chi connectivity index (χ0) is 19.5. The van der Waals surface area contributed by atoms with Gasteiger partial charge in [-0.05, 0) is 36.4 Å². The summed E-state index contributed by atoms with van der Waals surface area (Å²) in [7, 11) is 0. The molecule has 3 aromatic heterocycles. The van der Waals surface area contributed by atoms with Crippen LogP contribution in [0.25, 0.3) is 39.3 Å². The Balaban J connectivity index is 1.73. The van der Waals surface area contributed by atoms with Gasteiger partial charge in [0, 0.05) is 27.7 Å². The second-order valence-corrected chi connectivity index (χ2v) is 7.26. The summed E-state index contributed by atoms with van der Waals surface area (Å²) in [6, 6.07) is 18.6. The minimum atomic E-state index is -0.0466. The fourth-order valence-corrected chi connectivity index (χ4v) is 4.12. The Morgan fingerprint density at radius 1 is 0.966 bits per heavy atom. The van der Waals surface area contributed by atoms with Gasteiger partial charge in [0.25, 0.3) is 0 Å². The molecule has 6 rings (SSSR count). The van der Waals surface area contributed by atoms with Gasteiger partial charge in [-0.25, -0.2) is 4.68 Å². The van der Waals surface area contributed by atoms with Crippen LogP contribution in [-0.2, 0) is 0 Å². The summed E-state index contributed by atoms with van der Waals surface area (Å²) in [6.45, 7) is 0. The summed E-state index contributed by atoms with van der Waals surface area (Å²) in [5.74, 6) is 0.511. The molecule has 0 aliphatic heterocycles. The first-order valence-corrected chi connectivity index (χ1v) is 9.46. The lowest BCUT2D eigenvalue weighted by molar-refractivity contribution is 0.104. The normalized spacial score (nSPS) is 12.4. The van der Waals surface area contributed by atoms with Crippen LogP contribution in [0.3, 0.4) is 0 Å². The molecule has 0 saturated carbocycles. The maximum absolute atomic E-state index is 13.2. The van der Waals surface area contributed by atoms with Gasteiger partial charge in [-0.2, -0.15) is 5.10 Å². The zero-order valence-corrected chi connectivity index (χ0v) is 15.7. The highest BCUT2D eigenvalue weighted by Crippen LogP contribution is 2.43. The van der Waals surface area contributed by atoms with Gasteiger partial charge in [0.15, 0.2) is 11.5 Å². The molecule has 0 amide bonds. The van der Waals surface area contributed by atoms with Crippen molar-refractivity contribution in [3.8, 4) is 28.4 Å². The molecule has 3 heterocycles. The first-order valence-electron chi connectivity index (χ1n) is 9.08. The smallest absolute Gasteiger partial charge is 0.198 e. The molecule has 0 radical (unpaired) electrons. The molecule has 138 valence electrons. The summed E-state index contributed by atoms with van der Waals surface area (Å²) in [6.07, 6.45) is 3.30. The van der Waals surface area contributed by atoms with Crippen molar-refractivity contribution >= 4 is 28.3 Å². The molecule has 1 aliphatic rings. The number of fused-ring (bicyclic) bond motifs is 4. The van der Waals surface area contributed by atoms with Crippen molar-refractivity contribution in [1.29, 1.82) is 0 Å². The summed E-state index contributed by atoms with van der Waals surface area (Å²) in [5, 5.41) is 6.32. The van der Waals surface area contributed by atoms with Crippen LogP contribution in [0.5, 0.6) is 0 Å². The zero-order valence-electron chi connectivity index (χ0n) is 15.0. The van der Waals surface area contributed by atoms with Crippen molar-refractivity contribution < 1.29 is 9.21 Å². The van der Waals surface area contributed by atoms with E-state index in [4.69, 9.17) is 21.1 Å². The molecule has 0 saturated heterocycles. The maximum atomic E-state index is 13.2. The molecule has 0 unspecified atom stereocenters. The van der Waals surface area contributed by atoms with Crippen molar-refractivity contribution in [3.63, 3.8) is 0 Å². The average Bonchev–Trinajstić information content (AvgIpc) is 3.45. The molecule has 0 fully saturated rings. The molecular weight excluding hydrogens is 386 g/mol. The molecule has 0 atom stereocenters. The number of benzene rings is 2. The van der Waals surface area contributed by atoms with Crippen LogP contribution in [-0.4, -0.2) is 20.5 Å². The number of hydrogen-bond acceptors (Lipinski definition) is 4. The Kier molecular flexibility index (Phi) is 3.31. The fraction of sp³-hybridized carbons (Fsp3) is 0. The Morgan fingerprint density at radius 3 is 2.66 bits per heavy atom. The topological polar surface area (TPSA) is 60.9 Å². The number of carbonyl (C=O) groups is 1. The number of halogens is 1. The third-order valence-corrected chi connectivity index (χ3v) is 5.44. The summed E-state index contributed by atoms with van der Waals surface area (Å²) >= 11 is 6.15. The van der Waals surface area contributed by atoms with Gasteiger partial charge >= 0.3 is 0 Å². The van der Waals surface area contributed by atoms with E-state index in [1.165, 1.54) is 0 Å². The van der Waals surface area contributed by atoms with Crippen molar-refractivity contribution in [2.45, 2.75) is 0 Å².